The molecule has 0 aliphatic carbocycles. The van der Waals surface area contributed by atoms with Crippen molar-refractivity contribution in [2.24, 2.45) is 5.73 Å². The van der Waals surface area contributed by atoms with E-state index in [9.17, 15) is 14.7 Å². The Balaban J connectivity index is 0.000000314. The number of hydrogen-bond acceptors (Lipinski definition) is 3. The van der Waals surface area contributed by atoms with Gasteiger partial charge in [-0.3, -0.25) is 0 Å². The van der Waals surface area contributed by atoms with E-state index in [1.165, 1.54) is 12.1 Å². The van der Waals surface area contributed by atoms with Gasteiger partial charge in [-0.05, 0) is 32.8 Å². The molecule has 0 radical (unpaired) electrons. The highest BCUT2D eigenvalue weighted by Gasteiger charge is 2.37. The first-order valence-corrected chi connectivity index (χ1v) is 8.80. The van der Waals surface area contributed by atoms with Crippen LogP contribution in [-0.4, -0.2) is 25.1 Å². The SMILES string of the molecule is CCC[N+](CC)(C(N)=O)c1c(C)cccc1C.O=C([O-])c1ccccc1. The number of rotatable bonds is 5. The summed E-state index contributed by atoms with van der Waals surface area (Å²) in [4.78, 5) is 22.0. The average molecular weight is 356 g/mol. The van der Waals surface area contributed by atoms with E-state index in [1.54, 1.807) is 18.2 Å². The molecule has 0 aliphatic rings. The number of carbonyl (C=O) groups excluding carboxylic acids is 2. The summed E-state index contributed by atoms with van der Waals surface area (Å²) in [7, 11) is 0. The van der Waals surface area contributed by atoms with E-state index in [-0.39, 0.29) is 16.1 Å². The molecule has 0 saturated carbocycles. The van der Waals surface area contributed by atoms with Crippen LogP contribution in [0.15, 0.2) is 48.5 Å². The molecule has 0 fully saturated rings. The summed E-state index contributed by atoms with van der Waals surface area (Å²) in [6.07, 6.45) is 0.935. The number of amides is 2. The summed E-state index contributed by atoms with van der Waals surface area (Å²) in [6, 6.07) is 13.9. The smallest absolute Gasteiger partial charge is 0.419 e. The van der Waals surface area contributed by atoms with Crippen molar-refractivity contribution < 1.29 is 14.7 Å². The van der Waals surface area contributed by atoms with E-state index in [0.29, 0.717) is 6.54 Å². The molecule has 2 rings (SSSR count). The lowest BCUT2D eigenvalue weighted by Gasteiger charge is -2.34. The van der Waals surface area contributed by atoms with E-state index in [0.717, 1.165) is 29.8 Å². The van der Waals surface area contributed by atoms with E-state index in [2.05, 4.69) is 6.92 Å². The Morgan fingerprint density at radius 2 is 1.50 bits per heavy atom. The zero-order chi connectivity index (χ0) is 19.7. The molecule has 2 amide bonds. The minimum atomic E-state index is -1.13. The van der Waals surface area contributed by atoms with Crippen LogP contribution in [0.25, 0.3) is 0 Å². The van der Waals surface area contributed by atoms with Gasteiger partial charge in [0, 0.05) is 11.1 Å². The monoisotopic (exact) mass is 356 g/mol. The van der Waals surface area contributed by atoms with Gasteiger partial charge in [-0.15, -0.1) is 0 Å². The largest absolute Gasteiger partial charge is 0.545 e. The minimum absolute atomic E-state index is 0.220. The van der Waals surface area contributed by atoms with Crippen molar-refractivity contribution in [3.63, 3.8) is 0 Å². The number of benzene rings is 2. The molecule has 2 N–H and O–H groups in total. The van der Waals surface area contributed by atoms with Crippen molar-refractivity contribution in [2.45, 2.75) is 34.1 Å². The second kappa shape index (κ2) is 9.73. The third-order valence-electron chi connectivity index (χ3n) is 4.44. The first-order valence-electron chi connectivity index (χ1n) is 8.80. The highest BCUT2D eigenvalue weighted by atomic mass is 16.4. The summed E-state index contributed by atoms with van der Waals surface area (Å²) >= 11 is 0. The van der Waals surface area contributed by atoms with Crippen LogP contribution in [0.2, 0.25) is 0 Å². The molecule has 2 aromatic carbocycles. The Hall–Kier alpha value is -2.66. The van der Waals surface area contributed by atoms with Gasteiger partial charge in [-0.2, -0.15) is 0 Å². The van der Waals surface area contributed by atoms with Gasteiger partial charge in [-0.1, -0.05) is 55.5 Å². The molecule has 5 heteroatoms. The fourth-order valence-corrected chi connectivity index (χ4v) is 3.24. The molecule has 26 heavy (non-hydrogen) atoms. The predicted octanol–water partition coefficient (Wildman–Crippen LogP) is 3.17. The lowest BCUT2D eigenvalue weighted by molar-refractivity contribution is -0.255. The molecular formula is C21H28N2O3. The zero-order valence-electron chi connectivity index (χ0n) is 16.0. The lowest BCUT2D eigenvalue weighted by Crippen LogP contribution is -2.58. The number of urea groups is 1. The molecular weight excluding hydrogens is 328 g/mol. The Morgan fingerprint density at radius 3 is 1.85 bits per heavy atom. The molecule has 1 atom stereocenters. The number of aryl methyl sites for hydroxylation is 2. The molecule has 140 valence electrons. The molecule has 0 heterocycles. The Labute approximate surface area is 155 Å². The van der Waals surface area contributed by atoms with Crippen LogP contribution in [0.4, 0.5) is 10.5 Å². The molecule has 0 aliphatic heterocycles. The number of para-hydroxylation sites is 1. The second-order valence-electron chi connectivity index (χ2n) is 6.24. The Kier molecular flexibility index (Phi) is 8.00. The number of aromatic carboxylic acids is 1. The van der Waals surface area contributed by atoms with Crippen LogP contribution >= 0.6 is 0 Å². The molecule has 2 aromatic rings. The van der Waals surface area contributed by atoms with Gasteiger partial charge in [0.15, 0.2) is 0 Å². The Bertz CT molecular complexity index is 724. The van der Waals surface area contributed by atoms with Crippen LogP contribution in [0.5, 0.6) is 0 Å². The van der Waals surface area contributed by atoms with E-state index in [1.807, 2.05) is 39.0 Å². The number of primary amides is 1. The maximum Gasteiger partial charge on any atom is 0.419 e. The van der Waals surface area contributed by atoms with Crippen LogP contribution in [-0.2, 0) is 0 Å². The van der Waals surface area contributed by atoms with Gasteiger partial charge < -0.3 is 15.6 Å². The first-order chi connectivity index (χ1) is 12.3. The number of carbonyl (C=O) groups is 2. The number of carboxylic acids is 1. The van der Waals surface area contributed by atoms with Crippen LogP contribution in [0.3, 0.4) is 0 Å². The van der Waals surface area contributed by atoms with E-state index in [4.69, 9.17) is 5.73 Å². The van der Waals surface area contributed by atoms with Crippen molar-refractivity contribution in [2.75, 3.05) is 13.1 Å². The van der Waals surface area contributed by atoms with Crippen LogP contribution in [0, 0.1) is 13.8 Å². The number of quaternary nitrogens is 1. The number of nitrogens with two attached hydrogens (primary N) is 1. The van der Waals surface area contributed by atoms with Gasteiger partial charge in [0.2, 0.25) is 0 Å². The maximum atomic E-state index is 11.9. The maximum absolute atomic E-state index is 11.9. The highest BCUT2D eigenvalue weighted by molar-refractivity contribution is 5.87. The van der Waals surface area contributed by atoms with Gasteiger partial charge in [0.1, 0.15) is 5.69 Å². The molecule has 0 spiro atoms. The summed E-state index contributed by atoms with van der Waals surface area (Å²) in [5, 5.41) is 10.1. The highest BCUT2D eigenvalue weighted by Crippen LogP contribution is 2.31. The van der Waals surface area contributed by atoms with Crippen molar-refractivity contribution in [3.8, 4) is 0 Å². The fourth-order valence-electron chi connectivity index (χ4n) is 3.24. The van der Waals surface area contributed by atoms with Crippen molar-refractivity contribution >= 4 is 17.7 Å². The first kappa shape index (κ1) is 21.4. The van der Waals surface area contributed by atoms with E-state index < -0.39 is 5.97 Å². The van der Waals surface area contributed by atoms with Gasteiger partial charge in [-0.25, -0.2) is 9.28 Å². The molecule has 0 saturated heterocycles. The third kappa shape index (κ3) is 4.92. The predicted molar refractivity (Wildman–Crippen MR) is 104 cm³/mol. The molecule has 1 unspecified atom stereocenters. The van der Waals surface area contributed by atoms with Crippen molar-refractivity contribution in [1.82, 2.24) is 4.48 Å². The van der Waals surface area contributed by atoms with Gasteiger partial charge >= 0.3 is 6.03 Å². The fraction of sp³-hybridized carbons (Fsp3) is 0.333. The number of carboxylic acid groups (broad SMARTS) is 1. The van der Waals surface area contributed by atoms with Crippen LogP contribution in [0.1, 0.15) is 41.8 Å². The summed E-state index contributed by atoms with van der Waals surface area (Å²) in [6.45, 7) is 9.66. The van der Waals surface area contributed by atoms with E-state index >= 15 is 0 Å². The summed E-state index contributed by atoms with van der Waals surface area (Å²) in [5.74, 6) is -1.13. The minimum Gasteiger partial charge on any atom is -0.545 e. The van der Waals surface area contributed by atoms with Crippen molar-refractivity contribution in [3.05, 3.63) is 65.2 Å². The molecule has 0 bridgehead atoms. The standard InChI is InChI=1S/C14H22N2O.C7H6O2/c1-5-10-16(6-2,14(15)17)13-11(3)8-7-9-12(13)4;8-7(9)6-4-2-1-3-5-6/h7-9H,5-6,10H2,1-4H3,(H-,15,17);1-5H,(H,8,9). The average Bonchev–Trinajstić information content (AvgIpc) is 2.61. The Morgan fingerprint density at radius 1 is 0.962 bits per heavy atom. The third-order valence-corrected chi connectivity index (χ3v) is 4.44. The van der Waals surface area contributed by atoms with Crippen molar-refractivity contribution in [1.29, 1.82) is 0 Å². The van der Waals surface area contributed by atoms with Gasteiger partial charge in [0.25, 0.3) is 0 Å². The zero-order valence-corrected chi connectivity index (χ0v) is 16.0. The number of nitrogens with zero attached hydrogens (tertiary/aromatic N) is 1. The summed E-state index contributed by atoms with van der Waals surface area (Å²) in [5.41, 5.74) is 9.24. The lowest BCUT2D eigenvalue weighted by atomic mass is 10.0. The molecule has 5 nitrogen and oxygen atoms in total. The van der Waals surface area contributed by atoms with Gasteiger partial charge in [0.05, 0.1) is 19.1 Å². The second-order valence-corrected chi connectivity index (χ2v) is 6.24. The van der Waals surface area contributed by atoms with Crippen LogP contribution < -0.4 is 15.3 Å². The quantitative estimate of drug-likeness (QED) is 0.835. The molecule has 0 aromatic heterocycles. The topological polar surface area (TPSA) is 83.2 Å². The summed E-state index contributed by atoms with van der Waals surface area (Å²) < 4.78 is 0.259. The number of hydrogen-bond donors (Lipinski definition) is 1. The normalized spacial score (nSPS) is 12.5.